The smallest absolute Gasteiger partial charge is 0.229 e. The topological polar surface area (TPSA) is 75.8 Å². The van der Waals surface area contributed by atoms with Crippen molar-refractivity contribution in [1.29, 1.82) is 5.26 Å². The van der Waals surface area contributed by atoms with E-state index in [0.29, 0.717) is 11.8 Å². The second-order valence-corrected chi connectivity index (χ2v) is 4.07. The molecule has 80 valence electrons. The summed E-state index contributed by atoms with van der Waals surface area (Å²) in [6.45, 7) is 0. The molecule has 4 heteroatoms. The molecule has 1 saturated carbocycles. The quantitative estimate of drug-likeness (QED) is 0.715. The third-order valence-electron chi connectivity index (χ3n) is 2.98. The van der Waals surface area contributed by atoms with E-state index in [1.165, 1.54) is 25.7 Å². The highest BCUT2D eigenvalue weighted by molar-refractivity contribution is 5.40. The molecule has 4 nitrogen and oxygen atoms in total. The number of rotatable bonds is 1. The van der Waals surface area contributed by atoms with Crippen LogP contribution in [0.1, 0.15) is 56.0 Å². The van der Waals surface area contributed by atoms with Crippen molar-refractivity contribution < 1.29 is 4.42 Å². The van der Waals surface area contributed by atoms with Crippen molar-refractivity contribution in [3.05, 3.63) is 11.6 Å². The monoisotopic (exact) mass is 205 g/mol. The van der Waals surface area contributed by atoms with Crippen LogP contribution in [-0.4, -0.2) is 4.98 Å². The van der Waals surface area contributed by atoms with Crippen LogP contribution < -0.4 is 5.73 Å². The summed E-state index contributed by atoms with van der Waals surface area (Å²) >= 11 is 0. The van der Waals surface area contributed by atoms with Crippen LogP contribution in [-0.2, 0) is 0 Å². The molecule has 0 aromatic carbocycles. The minimum Gasteiger partial charge on any atom is -0.424 e. The Morgan fingerprint density at radius 3 is 2.47 bits per heavy atom. The first-order valence-corrected chi connectivity index (χ1v) is 5.47. The molecule has 1 aromatic rings. The standard InChI is InChI=1S/C11H15N3O/c12-7-9-10(13)15-11(14-9)8-5-3-1-2-4-6-8/h8H,1-6,13H2. The lowest BCUT2D eigenvalue weighted by Crippen LogP contribution is -1.97. The average Bonchev–Trinajstić information content (AvgIpc) is 2.48. The van der Waals surface area contributed by atoms with Crippen LogP contribution in [0.5, 0.6) is 0 Å². The van der Waals surface area contributed by atoms with E-state index in [4.69, 9.17) is 15.4 Å². The van der Waals surface area contributed by atoms with Gasteiger partial charge in [0.25, 0.3) is 0 Å². The normalized spacial score (nSPS) is 18.3. The molecule has 0 bridgehead atoms. The van der Waals surface area contributed by atoms with Gasteiger partial charge in [-0.25, -0.2) is 4.98 Å². The van der Waals surface area contributed by atoms with E-state index in [9.17, 15) is 0 Å². The third kappa shape index (κ3) is 2.12. The van der Waals surface area contributed by atoms with Crippen molar-refractivity contribution in [3.8, 4) is 6.07 Å². The molecule has 0 atom stereocenters. The Kier molecular flexibility index (Phi) is 2.91. The zero-order chi connectivity index (χ0) is 10.7. The first-order valence-electron chi connectivity index (χ1n) is 5.47. The predicted octanol–water partition coefficient (Wildman–Crippen LogP) is 2.57. The number of anilines is 1. The van der Waals surface area contributed by atoms with E-state index in [0.717, 1.165) is 12.8 Å². The fourth-order valence-corrected chi connectivity index (χ4v) is 2.13. The van der Waals surface area contributed by atoms with Crippen LogP contribution in [0.2, 0.25) is 0 Å². The van der Waals surface area contributed by atoms with Gasteiger partial charge in [0.2, 0.25) is 17.5 Å². The summed E-state index contributed by atoms with van der Waals surface area (Å²) < 4.78 is 5.34. The minimum absolute atomic E-state index is 0.164. The lowest BCUT2D eigenvalue weighted by atomic mass is 10.0. The van der Waals surface area contributed by atoms with Gasteiger partial charge in [0, 0.05) is 5.92 Å². The molecule has 0 spiro atoms. The zero-order valence-corrected chi connectivity index (χ0v) is 8.70. The molecule has 1 aliphatic rings. The van der Waals surface area contributed by atoms with Gasteiger partial charge in [0.05, 0.1) is 0 Å². The maximum atomic E-state index is 8.73. The highest BCUT2D eigenvalue weighted by Crippen LogP contribution is 2.32. The first kappa shape index (κ1) is 10.0. The van der Waals surface area contributed by atoms with E-state index in [-0.39, 0.29) is 11.6 Å². The van der Waals surface area contributed by atoms with Gasteiger partial charge in [-0.15, -0.1) is 0 Å². The number of hydrogen-bond donors (Lipinski definition) is 1. The molecule has 2 rings (SSSR count). The van der Waals surface area contributed by atoms with Crippen molar-refractivity contribution in [2.75, 3.05) is 5.73 Å². The Bertz CT molecular complexity index is 370. The summed E-state index contributed by atoms with van der Waals surface area (Å²) in [6, 6.07) is 1.94. The Hall–Kier alpha value is -1.50. The molecule has 0 saturated heterocycles. The van der Waals surface area contributed by atoms with Gasteiger partial charge in [0.15, 0.2) is 0 Å². The fraction of sp³-hybridized carbons (Fsp3) is 0.636. The van der Waals surface area contributed by atoms with E-state index in [2.05, 4.69) is 4.98 Å². The molecule has 1 aliphatic carbocycles. The number of hydrogen-bond acceptors (Lipinski definition) is 4. The second kappa shape index (κ2) is 4.35. The first-order chi connectivity index (χ1) is 7.31. The summed E-state index contributed by atoms with van der Waals surface area (Å²) in [4.78, 5) is 4.14. The van der Waals surface area contributed by atoms with Gasteiger partial charge in [-0.3, -0.25) is 0 Å². The largest absolute Gasteiger partial charge is 0.424 e. The van der Waals surface area contributed by atoms with Gasteiger partial charge in [-0.2, -0.15) is 5.26 Å². The highest BCUT2D eigenvalue weighted by atomic mass is 16.4. The maximum absolute atomic E-state index is 8.73. The Morgan fingerprint density at radius 2 is 1.93 bits per heavy atom. The van der Waals surface area contributed by atoms with Gasteiger partial charge in [0.1, 0.15) is 6.07 Å². The summed E-state index contributed by atoms with van der Waals surface area (Å²) in [6.07, 6.45) is 7.22. The Balaban J connectivity index is 2.17. The predicted molar refractivity (Wildman–Crippen MR) is 56.1 cm³/mol. The molecular weight excluding hydrogens is 190 g/mol. The summed E-state index contributed by atoms with van der Waals surface area (Å²) in [5.74, 6) is 1.18. The number of nitriles is 1. The molecule has 2 N–H and O–H groups in total. The van der Waals surface area contributed by atoms with Gasteiger partial charge >= 0.3 is 0 Å². The number of nitrogen functional groups attached to an aromatic ring is 1. The Morgan fingerprint density at radius 1 is 1.27 bits per heavy atom. The maximum Gasteiger partial charge on any atom is 0.229 e. The molecule has 1 heterocycles. The van der Waals surface area contributed by atoms with E-state index < -0.39 is 0 Å². The molecule has 1 aromatic heterocycles. The molecular formula is C11H15N3O. The molecule has 1 fully saturated rings. The van der Waals surface area contributed by atoms with E-state index >= 15 is 0 Å². The molecule has 0 aliphatic heterocycles. The minimum atomic E-state index is 0.164. The van der Waals surface area contributed by atoms with Crippen LogP contribution in [0, 0.1) is 11.3 Å². The van der Waals surface area contributed by atoms with Crippen molar-refractivity contribution in [1.82, 2.24) is 4.98 Å². The highest BCUT2D eigenvalue weighted by Gasteiger charge is 2.21. The fourth-order valence-electron chi connectivity index (χ4n) is 2.13. The second-order valence-electron chi connectivity index (χ2n) is 4.07. The van der Waals surface area contributed by atoms with Crippen molar-refractivity contribution in [2.24, 2.45) is 0 Å². The van der Waals surface area contributed by atoms with E-state index in [1.54, 1.807) is 0 Å². The zero-order valence-electron chi connectivity index (χ0n) is 8.70. The summed E-state index contributed by atoms with van der Waals surface area (Å²) in [7, 11) is 0. The summed E-state index contributed by atoms with van der Waals surface area (Å²) in [5.41, 5.74) is 5.78. The van der Waals surface area contributed by atoms with Crippen LogP contribution in [0.3, 0.4) is 0 Å². The van der Waals surface area contributed by atoms with Crippen LogP contribution in [0.25, 0.3) is 0 Å². The summed E-state index contributed by atoms with van der Waals surface area (Å²) in [5, 5.41) is 8.73. The number of oxazole rings is 1. The lowest BCUT2D eigenvalue weighted by molar-refractivity contribution is 0.428. The van der Waals surface area contributed by atoms with Crippen molar-refractivity contribution in [2.45, 2.75) is 44.4 Å². The molecule has 15 heavy (non-hydrogen) atoms. The van der Waals surface area contributed by atoms with Crippen LogP contribution >= 0.6 is 0 Å². The molecule has 0 radical (unpaired) electrons. The van der Waals surface area contributed by atoms with Crippen LogP contribution in [0.15, 0.2) is 4.42 Å². The molecule has 0 amide bonds. The van der Waals surface area contributed by atoms with Gasteiger partial charge in [-0.05, 0) is 12.8 Å². The lowest BCUT2D eigenvalue weighted by Gasteiger charge is -2.07. The number of aromatic nitrogens is 1. The number of nitrogens with two attached hydrogens (primary N) is 1. The SMILES string of the molecule is N#Cc1nc(C2CCCCCC2)oc1N. The molecule has 0 unspecified atom stereocenters. The van der Waals surface area contributed by atoms with Gasteiger partial charge < -0.3 is 10.2 Å². The average molecular weight is 205 g/mol. The third-order valence-corrected chi connectivity index (χ3v) is 2.98. The van der Waals surface area contributed by atoms with Crippen molar-refractivity contribution >= 4 is 5.88 Å². The van der Waals surface area contributed by atoms with Gasteiger partial charge in [-0.1, -0.05) is 25.7 Å². The Labute approximate surface area is 89.1 Å². The van der Waals surface area contributed by atoms with Crippen molar-refractivity contribution in [3.63, 3.8) is 0 Å². The van der Waals surface area contributed by atoms with E-state index in [1.807, 2.05) is 6.07 Å². The van der Waals surface area contributed by atoms with Crippen LogP contribution in [0.4, 0.5) is 5.88 Å². The number of nitrogens with zero attached hydrogens (tertiary/aromatic N) is 2.